The lowest BCUT2D eigenvalue weighted by Gasteiger charge is -2.40. The molecule has 6 heteroatoms. The second kappa shape index (κ2) is 6.31. The van der Waals surface area contributed by atoms with Gasteiger partial charge < -0.3 is 15.7 Å². The van der Waals surface area contributed by atoms with Gasteiger partial charge in [0.2, 0.25) is 5.91 Å². The minimum atomic E-state index is -0.978. The molecule has 1 heterocycles. The van der Waals surface area contributed by atoms with Crippen molar-refractivity contribution in [3.63, 3.8) is 0 Å². The van der Waals surface area contributed by atoms with Crippen molar-refractivity contribution in [3.8, 4) is 0 Å². The monoisotopic (exact) mass is 316 g/mol. The highest BCUT2D eigenvalue weighted by molar-refractivity contribution is 6.42. The van der Waals surface area contributed by atoms with Gasteiger partial charge in [-0.05, 0) is 43.6 Å². The molecule has 1 aliphatic rings. The van der Waals surface area contributed by atoms with Gasteiger partial charge in [0.05, 0.1) is 21.7 Å². The number of carbonyl (C=O) groups excluding carboxylic acids is 1. The molecule has 1 aromatic rings. The van der Waals surface area contributed by atoms with Gasteiger partial charge in [0, 0.05) is 6.92 Å². The topological polar surface area (TPSA) is 61.4 Å². The molecule has 20 heavy (non-hydrogen) atoms. The zero-order valence-corrected chi connectivity index (χ0v) is 12.8. The highest BCUT2D eigenvalue weighted by Crippen LogP contribution is 2.35. The van der Waals surface area contributed by atoms with Crippen LogP contribution in [0.2, 0.25) is 10.0 Å². The minimum absolute atomic E-state index is 0.187. The van der Waals surface area contributed by atoms with E-state index < -0.39 is 11.6 Å². The van der Waals surface area contributed by atoms with Crippen molar-refractivity contribution in [1.29, 1.82) is 0 Å². The lowest BCUT2D eigenvalue weighted by molar-refractivity contribution is -0.123. The Morgan fingerprint density at radius 3 is 2.55 bits per heavy atom. The second-order valence-corrected chi connectivity index (χ2v) is 5.98. The predicted octanol–water partition coefficient (Wildman–Crippen LogP) is 2.29. The molecule has 0 bridgehead atoms. The van der Waals surface area contributed by atoms with Crippen LogP contribution in [0.5, 0.6) is 0 Å². The Morgan fingerprint density at radius 2 is 2.00 bits per heavy atom. The van der Waals surface area contributed by atoms with Crippen molar-refractivity contribution in [2.24, 2.45) is 0 Å². The number of halogens is 2. The molecule has 1 saturated heterocycles. The van der Waals surface area contributed by atoms with Crippen molar-refractivity contribution in [2.45, 2.75) is 31.4 Å². The molecular weight excluding hydrogens is 299 g/mol. The number of hydrogen-bond donors (Lipinski definition) is 3. The Kier molecular flexibility index (Phi) is 4.91. The number of aliphatic hydroxyl groups is 1. The fraction of sp³-hybridized carbons (Fsp3) is 0.500. The summed E-state index contributed by atoms with van der Waals surface area (Å²) in [5, 5.41) is 17.8. The lowest BCUT2D eigenvalue weighted by atomic mass is 9.81. The number of benzene rings is 1. The quantitative estimate of drug-likeness (QED) is 0.801. The van der Waals surface area contributed by atoms with Gasteiger partial charge in [-0.25, -0.2) is 0 Å². The molecule has 0 saturated carbocycles. The lowest BCUT2D eigenvalue weighted by Crippen LogP contribution is -2.51. The summed E-state index contributed by atoms with van der Waals surface area (Å²) < 4.78 is 0. The molecule has 3 N–H and O–H groups in total. The fourth-order valence-electron chi connectivity index (χ4n) is 2.57. The number of nitrogens with one attached hydrogen (secondary N) is 2. The molecule has 1 atom stereocenters. The number of carbonyl (C=O) groups is 1. The Morgan fingerprint density at radius 1 is 1.35 bits per heavy atom. The van der Waals surface area contributed by atoms with Gasteiger partial charge in [0.25, 0.3) is 0 Å². The summed E-state index contributed by atoms with van der Waals surface area (Å²) in [6, 6.07) is 4.68. The molecule has 0 aromatic heterocycles. The highest BCUT2D eigenvalue weighted by atomic mass is 35.5. The molecule has 1 amide bonds. The van der Waals surface area contributed by atoms with Gasteiger partial charge in [0.15, 0.2) is 0 Å². The SMILES string of the molecule is CC(=O)NC(c1ccc(Cl)c(Cl)c1)C1(O)CCNCC1. The van der Waals surface area contributed by atoms with Crippen LogP contribution in [0.15, 0.2) is 18.2 Å². The largest absolute Gasteiger partial charge is 0.387 e. The Balaban J connectivity index is 2.35. The van der Waals surface area contributed by atoms with E-state index in [0.29, 0.717) is 36.0 Å². The standard InChI is InChI=1S/C14H18Cl2N2O2/c1-9(19)18-13(14(20)4-6-17-7-5-14)10-2-3-11(15)12(16)8-10/h2-3,8,13,17,20H,4-7H2,1H3,(H,18,19). The summed E-state index contributed by atoms with van der Waals surface area (Å²) in [4.78, 5) is 11.5. The summed E-state index contributed by atoms with van der Waals surface area (Å²) in [5.74, 6) is -0.187. The highest BCUT2D eigenvalue weighted by Gasteiger charge is 2.39. The summed E-state index contributed by atoms with van der Waals surface area (Å²) >= 11 is 12.0. The average Bonchev–Trinajstić information content (AvgIpc) is 2.40. The van der Waals surface area contributed by atoms with Crippen LogP contribution in [0.25, 0.3) is 0 Å². The van der Waals surface area contributed by atoms with Gasteiger partial charge in [-0.2, -0.15) is 0 Å². The molecule has 0 spiro atoms. The molecule has 2 rings (SSSR count). The predicted molar refractivity (Wildman–Crippen MR) is 80.1 cm³/mol. The van der Waals surface area contributed by atoms with E-state index in [1.807, 2.05) is 0 Å². The van der Waals surface area contributed by atoms with Crippen LogP contribution in [0.1, 0.15) is 31.4 Å². The summed E-state index contributed by atoms with van der Waals surface area (Å²) in [5.41, 5.74) is -0.215. The average molecular weight is 317 g/mol. The molecule has 0 aliphatic carbocycles. The molecule has 110 valence electrons. The van der Waals surface area contributed by atoms with Crippen LogP contribution in [0.4, 0.5) is 0 Å². The van der Waals surface area contributed by atoms with E-state index in [9.17, 15) is 9.90 Å². The Labute approximate surface area is 128 Å². The van der Waals surface area contributed by atoms with Gasteiger partial charge in [-0.1, -0.05) is 29.3 Å². The van der Waals surface area contributed by atoms with Gasteiger partial charge in [0.1, 0.15) is 0 Å². The maximum atomic E-state index is 11.5. The van der Waals surface area contributed by atoms with Crippen LogP contribution in [0, 0.1) is 0 Å². The molecule has 1 unspecified atom stereocenters. The van der Waals surface area contributed by atoms with Crippen molar-refractivity contribution >= 4 is 29.1 Å². The molecule has 1 fully saturated rings. The fourth-order valence-corrected chi connectivity index (χ4v) is 2.88. The molecular formula is C14H18Cl2N2O2. The summed E-state index contributed by atoms with van der Waals surface area (Å²) in [6.07, 6.45) is 1.14. The zero-order chi connectivity index (χ0) is 14.8. The first-order valence-electron chi connectivity index (χ1n) is 6.57. The van der Waals surface area contributed by atoms with Crippen LogP contribution < -0.4 is 10.6 Å². The van der Waals surface area contributed by atoms with Gasteiger partial charge >= 0.3 is 0 Å². The Bertz CT molecular complexity index is 502. The number of hydrogen-bond acceptors (Lipinski definition) is 3. The van der Waals surface area contributed by atoms with Gasteiger partial charge in [-0.3, -0.25) is 4.79 Å². The van der Waals surface area contributed by atoms with E-state index in [2.05, 4.69) is 10.6 Å². The molecule has 4 nitrogen and oxygen atoms in total. The van der Waals surface area contributed by atoms with Crippen molar-refractivity contribution in [1.82, 2.24) is 10.6 Å². The van der Waals surface area contributed by atoms with Crippen LogP contribution in [0.3, 0.4) is 0 Å². The van der Waals surface area contributed by atoms with E-state index in [-0.39, 0.29) is 5.91 Å². The van der Waals surface area contributed by atoms with E-state index in [0.717, 1.165) is 5.56 Å². The first kappa shape index (κ1) is 15.6. The minimum Gasteiger partial charge on any atom is -0.387 e. The molecule has 0 radical (unpaired) electrons. The third-order valence-electron chi connectivity index (χ3n) is 3.63. The van der Waals surface area contributed by atoms with E-state index in [1.54, 1.807) is 18.2 Å². The van der Waals surface area contributed by atoms with Crippen molar-refractivity contribution in [3.05, 3.63) is 33.8 Å². The summed E-state index contributed by atoms with van der Waals surface area (Å²) in [7, 11) is 0. The maximum Gasteiger partial charge on any atom is 0.217 e. The summed E-state index contributed by atoms with van der Waals surface area (Å²) in [6.45, 7) is 2.87. The van der Waals surface area contributed by atoms with Crippen LogP contribution >= 0.6 is 23.2 Å². The van der Waals surface area contributed by atoms with E-state index >= 15 is 0 Å². The molecule has 1 aliphatic heterocycles. The number of rotatable bonds is 3. The van der Waals surface area contributed by atoms with Crippen molar-refractivity contribution < 1.29 is 9.90 Å². The second-order valence-electron chi connectivity index (χ2n) is 5.16. The van der Waals surface area contributed by atoms with E-state index in [1.165, 1.54) is 6.92 Å². The smallest absolute Gasteiger partial charge is 0.217 e. The Hall–Kier alpha value is -0.810. The third-order valence-corrected chi connectivity index (χ3v) is 4.37. The zero-order valence-electron chi connectivity index (χ0n) is 11.2. The van der Waals surface area contributed by atoms with E-state index in [4.69, 9.17) is 23.2 Å². The number of piperidine rings is 1. The first-order chi connectivity index (χ1) is 9.42. The third kappa shape index (κ3) is 3.44. The first-order valence-corrected chi connectivity index (χ1v) is 7.33. The van der Waals surface area contributed by atoms with Gasteiger partial charge in [-0.15, -0.1) is 0 Å². The normalized spacial score (nSPS) is 19.4. The van der Waals surface area contributed by atoms with Crippen LogP contribution in [-0.4, -0.2) is 29.7 Å². The van der Waals surface area contributed by atoms with Crippen molar-refractivity contribution in [2.75, 3.05) is 13.1 Å². The number of amides is 1. The maximum absolute atomic E-state index is 11.5. The van der Waals surface area contributed by atoms with Crippen LogP contribution in [-0.2, 0) is 4.79 Å². The molecule has 1 aromatic carbocycles.